The van der Waals surface area contributed by atoms with Crippen LogP contribution in [0.2, 0.25) is 0 Å². The van der Waals surface area contributed by atoms with Gasteiger partial charge in [0.25, 0.3) is 5.91 Å². The number of carbonyl (C=O) groups excluding carboxylic acids is 1. The quantitative estimate of drug-likeness (QED) is 0.863. The first kappa shape index (κ1) is 13.1. The van der Waals surface area contributed by atoms with Gasteiger partial charge in [-0.05, 0) is 35.9 Å². The van der Waals surface area contributed by atoms with Gasteiger partial charge in [0.05, 0.1) is 5.69 Å². The summed E-state index contributed by atoms with van der Waals surface area (Å²) < 4.78 is 0. The molecule has 6 nitrogen and oxygen atoms in total. The summed E-state index contributed by atoms with van der Waals surface area (Å²) in [6.07, 6.45) is 3.53. The van der Waals surface area contributed by atoms with Crippen molar-refractivity contribution in [3.05, 3.63) is 52.2 Å². The van der Waals surface area contributed by atoms with Gasteiger partial charge in [0.1, 0.15) is 0 Å². The Balaban J connectivity index is 1.98. The second-order valence-electron chi connectivity index (χ2n) is 5.76. The molecule has 4 rings (SSSR count). The normalized spacial score (nSPS) is 19.7. The third-order valence-corrected chi connectivity index (χ3v) is 4.30. The van der Waals surface area contributed by atoms with Crippen molar-refractivity contribution in [2.45, 2.75) is 19.1 Å². The topological polar surface area (TPSA) is 74.7 Å². The van der Waals surface area contributed by atoms with Crippen molar-refractivity contribution < 1.29 is 4.79 Å². The highest BCUT2D eigenvalue weighted by atomic mass is 16.3. The van der Waals surface area contributed by atoms with Gasteiger partial charge < -0.3 is 5.32 Å². The number of fused-ring (bicyclic) bond motifs is 3. The van der Waals surface area contributed by atoms with Gasteiger partial charge >= 0.3 is 0 Å². The van der Waals surface area contributed by atoms with E-state index in [1.165, 1.54) is 5.56 Å². The van der Waals surface area contributed by atoms with Gasteiger partial charge in [-0.3, -0.25) is 14.7 Å². The number of aromatic nitrogens is 1. The van der Waals surface area contributed by atoms with Gasteiger partial charge in [0.15, 0.2) is 6.04 Å². The fourth-order valence-corrected chi connectivity index (χ4v) is 3.33. The molecule has 0 fully saturated rings. The first-order valence-electron chi connectivity index (χ1n) is 7.10. The number of anilines is 1. The van der Waals surface area contributed by atoms with Crippen molar-refractivity contribution in [1.29, 1.82) is 0 Å². The molecule has 22 heavy (non-hydrogen) atoms. The summed E-state index contributed by atoms with van der Waals surface area (Å²) in [4.78, 5) is 29.4. The molecule has 1 atom stereocenters. The minimum atomic E-state index is -0.957. The summed E-state index contributed by atoms with van der Waals surface area (Å²) >= 11 is 0. The number of carbonyl (C=O) groups is 1. The van der Waals surface area contributed by atoms with E-state index in [9.17, 15) is 9.70 Å². The first-order valence-corrected chi connectivity index (χ1v) is 7.10. The molecule has 0 radical (unpaired) electrons. The number of hydrogen-bond donors (Lipinski definition) is 1. The lowest BCUT2D eigenvalue weighted by atomic mass is 9.92. The van der Waals surface area contributed by atoms with Crippen molar-refractivity contribution >= 4 is 11.6 Å². The second kappa shape index (κ2) is 4.71. The van der Waals surface area contributed by atoms with E-state index >= 15 is 0 Å². The van der Waals surface area contributed by atoms with Gasteiger partial charge in [0.2, 0.25) is 0 Å². The molecule has 0 saturated carbocycles. The largest absolute Gasteiger partial charge is 0.323 e. The smallest absolute Gasteiger partial charge is 0.257 e. The summed E-state index contributed by atoms with van der Waals surface area (Å²) in [5, 5.41) is 5.82. The Hall–Kier alpha value is -2.60. The standard InChI is InChI=1S/C16H14N4O2/c1-20-7-12-10(9-3-2-4-17-6-9)5-11-14(13(12)8-20)18-16(21)15(11)19-22/h2-6,15H,7-8H2,1H3,(H,18,21). The molecule has 2 aromatic rings. The number of nitroso groups, excluding NO2 is 1. The van der Waals surface area contributed by atoms with E-state index in [4.69, 9.17) is 0 Å². The molecule has 1 unspecified atom stereocenters. The molecule has 2 aliphatic rings. The highest BCUT2D eigenvalue weighted by molar-refractivity contribution is 6.04. The summed E-state index contributed by atoms with van der Waals surface area (Å²) in [7, 11) is 2.03. The molecule has 0 saturated heterocycles. The fraction of sp³-hybridized carbons (Fsp3) is 0.250. The van der Waals surface area contributed by atoms with E-state index in [-0.39, 0.29) is 5.91 Å². The van der Waals surface area contributed by atoms with Crippen molar-refractivity contribution in [3.8, 4) is 11.1 Å². The molecule has 110 valence electrons. The Labute approximate surface area is 127 Å². The van der Waals surface area contributed by atoms with Crippen LogP contribution >= 0.6 is 0 Å². The minimum Gasteiger partial charge on any atom is -0.323 e. The summed E-state index contributed by atoms with van der Waals surface area (Å²) in [6.45, 7) is 1.56. The average Bonchev–Trinajstić information content (AvgIpc) is 3.06. The lowest BCUT2D eigenvalue weighted by Crippen LogP contribution is -2.10. The third-order valence-electron chi connectivity index (χ3n) is 4.30. The second-order valence-corrected chi connectivity index (χ2v) is 5.76. The van der Waals surface area contributed by atoms with Crippen LogP contribution in [0.5, 0.6) is 0 Å². The number of hydrogen-bond acceptors (Lipinski definition) is 5. The van der Waals surface area contributed by atoms with Crippen LogP contribution in [-0.4, -0.2) is 22.8 Å². The van der Waals surface area contributed by atoms with Gasteiger partial charge in [-0.2, -0.15) is 0 Å². The number of pyridine rings is 1. The van der Waals surface area contributed by atoms with Crippen molar-refractivity contribution in [1.82, 2.24) is 9.88 Å². The van der Waals surface area contributed by atoms with Crippen LogP contribution in [0.1, 0.15) is 22.7 Å². The number of amides is 1. The van der Waals surface area contributed by atoms with Crippen LogP contribution in [-0.2, 0) is 17.9 Å². The van der Waals surface area contributed by atoms with Gasteiger partial charge in [-0.15, -0.1) is 4.91 Å². The van der Waals surface area contributed by atoms with E-state index in [0.29, 0.717) is 5.56 Å². The van der Waals surface area contributed by atoms with Crippen LogP contribution < -0.4 is 5.32 Å². The lowest BCUT2D eigenvalue weighted by molar-refractivity contribution is -0.116. The first-order chi connectivity index (χ1) is 10.7. The molecular formula is C16H14N4O2. The van der Waals surface area contributed by atoms with E-state index < -0.39 is 6.04 Å². The van der Waals surface area contributed by atoms with Gasteiger partial charge in [-0.25, -0.2) is 0 Å². The summed E-state index contributed by atoms with van der Waals surface area (Å²) in [5.41, 5.74) is 5.71. The van der Waals surface area contributed by atoms with Gasteiger partial charge in [0, 0.05) is 36.6 Å². The Bertz CT molecular complexity index is 788. The molecule has 0 bridgehead atoms. The minimum absolute atomic E-state index is 0.343. The Morgan fingerprint density at radius 1 is 1.36 bits per heavy atom. The third kappa shape index (κ3) is 1.77. The van der Waals surface area contributed by atoms with E-state index in [1.807, 2.05) is 25.2 Å². The molecule has 0 aliphatic carbocycles. The number of rotatable bonds is 2. The average molecular weight is 294 g/mol. The summed E-state index contributed by atoms with van der Waals surface area (Å²) in [6, 6.07) is 4.82. The van der Waals surface area contributed by atoms with Crippen molar-refractivity contribution in [2.75, 3.05) is 12.4 Å². The number of benzene rings is 1. The van der Waals surface area contributed by atoms with E-state index in [1.54, 1.807) is 12.4 Å². The predicted molar refractivity (Wildman–Crippen MR) is 82.0 cm³/mol. The molecular weight excluding hydrogens is 280 g/mol. The maximum Gasteiger partial charge on any atom is 0.257 e. The van der Waals surface area contributed by atoms with Crippen LogP contribution in [0, 0.1) is 4.91 Å². The number of nitrogens with zero attached hydrogens (tertiary/aromatic N) is 3. The van der Waals surface area contributed by atoms with Gasteiger partial charge in [-0.1, -0.05) is 11.2 Å². The molecule has 0 spiro atoms. The molecule has 1 N–H and O–H groups in total. The molecule has 1 aromatic carbocycles. The highest BCUT2D eigenvalue weighted by Gasteiger charge is 2.37. The molecule has 2 aliphatic heterocycles. The number of nitrogens with one attached hydrogen (secondary N) is 1. The zero-order chi connectivity index (χ0) is 15.3. The molecule has 1 amide bonds. The van der Waals surface area contributed by atoms with Crippen LogP contribution in [0.25, 0.3) is 11.1 Å². The fourth-order valence-electron chi connectivity index (χ4n) is 3.33. The maximum atomic E-state index is 12.0. The predicted octanol–water partition coefficient (Wildman–Crippen LogP) is 2.45. The SMILES string of the molecule is CN1Cc2c(-c3cccnc3)cc3c(c2C1)NC(=O)C3N=O. The summed E-state index contributed by atoms with van der Waals surface area (Å²) in [5.74, 6) is -0.343. The van der Waals surface area contributed by atoms with Crippen LogP contribution in [0.4, 0.5) is 5.69 Å². The van der Waals surface area contributed by atoms with Crippen LogP contribution in [0.3, 0.4) is 0 Å². The van der Waals surface area contributed by atoms with E-state index in [0.717, 1.165) is 35.5 Å². The highest BCUT2D eigenvalue weighted by Crippen LogP contribution is 2.44. The Kier molecular flexibility index (Phi) is 2.80. The molecule has 6 heteroatoms. The molecule has 3 heterocycles. The lowest BCUT2D eigenvalue weighted by Gasteiger charge is -2.12. The van der Waals surface area contributed by atoms with E-state index in [2.05, 4.69) is 20.4 Å². The Morgan fingerprint density at radius 2 is 2.18 bits per heavy atom. The monoisotopic (exact) mass is 294 g/mol. The Morgan fingerprint density at radius 3 is 2.91 bits per heavy atom. The maximum absolute atomic E-state index is 12.0. The van der Waals surface area contributed by atoms with Crippen LogP contribution in [0.15, 0.2) is 35.8 Å². The molecule has 1 aromatic heterocycles. The van der Waals surface area contributed by atoms with Crippen molar-refractivity contribution in [2.24, 2.45) is 5.18 Å². The zero-order valence-electron chi connectivity index (χ0n) is 12.0. The zero-order valence-corrected chi connectivity index (χ0v) is 12.0. The van der Waals surface area contributed by atoms with Crippen molar-refractivity contribution in [3.63, 3.8) is 0 Å².